The number of amides is 1. The average molecular weight is 236 g/mol. The van der Waals surface area contributed by atoms with Gasteiger partial charge in [-0.25, -0.2) is 4.39 Å². The van der Waals surface area contributed by atoms with Crippen molar-refractivity contribution in [2.75, 3.05) is 13.1 Å². The van der Waals surface area contributed by atoms with Gasteiger partial charge >= 0.3 is 0 Å². The number of aryl methyl sites for hydroxylation is 2. The summed E-state index contributed by atoms with van der Waals surface area (Å²) in [4.78, 5) is 11.6. The Morgan fingerprint density at radius 3 is 2.47 bits per heavy atom. The maximum atomic E-state index is 13.4. The summed E-state index contributed by atoms with van der Waals surface area (Å²) in [5.74, 6) is 0.00397. The van der Waals surface area contributed by atoms with Crippen molar-refractivity contribution in [3.63, 3.8) is 0 Å². The van der Waals surface area contributed by atoms with Gasteiger partial charge in [0, 0.05) is 19.6 Å². The number of carbonyl (C=O) groups is 1. The second-order valence-electron chi connectivity index (χ2n) is 4.62. The van der Waals surface area contributed by atoms with Crippen LogP contribution in [-0.2, 0) is 11.3 Å². The molecule has 0 spiro atoms. The fourth-order valence-electron chi connectivity index (χ4n) is 1.95. The number of halogens is 1. The van der Waals surface area contributed by atoms with Gasteiger partial charge in [-0.1, -0.05) is 12.1 Å². The highest BCUT2D eigenvalue weighted by Crippen LogP contribution is 2.14. The van der Waals surface area contributed by atoms with Crippen LogP contribution in [0.4, 0.5) is 4.39 Å². The van der Waals surface area contributed by atoms with Gasteiger partial charge in [-0.05, 0) is 30.5 Å². The zero-order valence-electron chi connectivity index (χ0n) is 10.1. The first-order valence-electron chi connectivity index (χ1n) is 5.82. The van der Waals surface area contributed by atoms with Crippen LogP contribution < -0.4 is 10.6 Å². The molecule has 17 heavy (non-hydrogen) atoms. The number of hydrogen-bond acceptors (Lipinski definition) is 2. The van der Waals surface area contributed by atoms with Gasteiger partial charge in [-0.2, -0.15) is 0 Å². The van der Waals surface area contributed by atoms with Crippen molar-refractivity contribution in [2.45, 2.75) is 20.4 Å². The van der Waals surface area contributed by atoms with E-state index >= 15 is 0 Å². The smallest absolute Gasteiger partial charge is 0.225 e. The van der Waals surface area contributed by atoms with Crippen LogP contribution in [0.5, 0.6) is 0 Å². The Bertz CT molecular complexity index is 418. The highest BCUT2D eigenvalue weighted by Gasteiger charge is 2.24. The Kier molecular flexibility index (Phi) is 3.43. The number of carbonyl (C=O) groups excluding carboxylic acids is 1. The predicted octanol–water partition coefficient (Wildman–Crippen LogP) is 1.28. The first-order valence-corrected chi connectivity index (χ1v) is 5.82. The zero-order chi connectivity index (χ0) is 12.4. The van der Waals surface area contributed by atoms with Gasteiger partial charge < -0.3 is 10.6 Å². The minimum Gasteiger partial charge on any atom is -0.352 e. The van der Waals surface area contributed by atoms with Crippen molar-refractivity contribution in [2.24, 2.45) is 5.92 Å². The van der Waals surface area contributed by atoms with E-state index in [4.69, 9.17) is 0 Å². The van der Waals surface area contributed by atoms with E-state index in [-0.39, 0.29) is 17.6 Å². The molecule has 0 radical (unpaired) electrons. The van der Waals surface area contributed by atoms with Crippen LogP contribution in [0.3, 0.4) is 0 Å². The van der Waals surface area contributed by atoms with Gasteiger partial charge in [0.25, 0.3) is 0 Å². The summed E-state index contributed by atoms with van der Waals surface area (Å²) >= 11 is 0. The molecule has 2 rings (SSSR count). The van der Waals surface area contributed by atoms with Crippen LogP contribution >= 0.6 is 0 Å². The minimum absolute atomic E-state index is 0.0726. The van der Waals surface area contributed by atoms with Gasteiger partial charge in [0.1, 0.15) is 5.82 Å². The normalized spacial score (nSPS) is 15.5. The summed E-state index contributed by atoms with van der Waals surface area (Å²) < 4.78 is 13.4. The lowest BCUT2D eigenvalue weighted by atomic mass is 10.0. The van der Waals surface area contributed by atoms with Crippen LogP contribution in [0.15, 0.2) is 12.1 Å². The van der Waals surface area contributed by atoms with Gasteiger partial charge in [0.2, 0.25) is 5.91 Å². The van der Waals surface area contributed by atoms with E-state index in [2.05, 4.69) is 10.6 Å². The van der Waals surface area contributed by atoms with Gasteiger partial charge in [-0.3, -0.25) is 4.79 Å². The molecule has 2 N–H and O–H groups in total. The van der Waals surface area contributed by atoms with E-state index in [9.17, 15) is 9.18 Å². The molecule has 1 aromatic rings. The summed E-state index contributed by atoms with van der Waals surface area (Å²) in [5, 5.41) is 5.93. The maximum Gasteiger partial charge on any atom is 0.225 e. The fourth-order valence-corrected chi connectivity index (χ4v) is 1.95. The highest BCUT2D eigenvalue weighted by molar-refractivity contribution is 5.79. The Morgan fingerprint density at radius 2 is 2.00 bits per heavy atom. The molecule has 1 saturated heterocycles. The lowest BCUT2D eigenvalue weighted by Gasteiger charge is -2.25. The molecule has 92 valence electrons. The predicted molar refractivity (Wildman–Crippen MR) is 64.1 cm³/mol. The third kappa shape index (κ3) is 2.64. The monoisotopic (exact) mass is 236 g/mol. The fraction of sp³-hybridized carbons (Fsp3) is 0.462. The quantitative estimate of drug-likeness (QED) is 0.830. The molecule has 1 fully saturated rings. The SMILES string of the molecule is Cc1cc(CNC(=O)C2CNC2)cc(C)c1F. The molecule has 1 aliphatic rings. The van der Waals surface area contributed by atoms with Crippen LogP contribution in [0.25, 0.3) is 0 Å². The van der Waals surface area contributed by atoms with E-state index < -0.39 is 0 Å². The van der Waals surface area contributed by atoms with E-state index in [1.165, 1.54) is 0 Å². The van der Waals surface area contributed by atoms with Crippen molar-refractivity contribution in [3.8, 4) is 0 Å². The number of rotatable bonds is 3. The minimum atomic E-state index is -0.164. The van der Waals surface area contributed by atoms with E-state index in [1.54, 1.807) is 26.0 Å². The molecule has 1 amide bonds. The Balaban J connectivity index is 1.96. The van der Waals surface area contributed by atoms with Gasteiger partial charge in [0.15, 0.2) is 0 Å². The Hall–Kier alpha value is -1.42. The molecule has 0 atom stereocenters. The second kappa shape index (κ2) is 4.84. The summed E-state index contributed by atoms with van der Waals surface area (Å²) in [5.41, 5.74) is 2.20. The van der Waals surface area contributed by atoms with Gasteiger partial charge in [0.05, 0.1) is 5.92 Å². The lowest BCUT2D eigenvalue weighted by molar-refractivity contribution is -0.126. The first-order chi connectivity index (χ1) is 8.08. The molecule has 0 bridgehead atoms. The second-order valence-corrected chi connectivity index (χ2v) is 4.62. The largest absolute Gasteiger partial charge is 0.352 e. The first kappa shape index (κ1) is 12.0. The summed E-state index contributed by atoms with van der Waals surface area (Å²) in [6.45, 7) is 5.46. The molecule has 0 aromatic heterocycles. The molecule has 1 aliphatic heterocycles. The maximum absolute atomic E-state index is 13.4. The summed E-state index contributed by atoms with van der Waals surface area (Å²) in [6.07, 6.45) is 0. The van der Waals surface area contributed by atoms with Crippen molar-refractivity contribution >= 4 is 5.91 Å². The molecular formula is C13H17FN2O. The molecule has 0 unspecified atom stereocenters. The molecule has 3 nitrogen and oxygen atoms in total. The van der Waals surface area contributed by atoms with E-state index in [0.29, 0.717) is 17.7 Å². The summed E-state index contributed by atoms with van der Waals surface area (Å²) in [7, 11) is 0. The number of nitrogens with one attached hydrogen (secondary N) is 2. The lowest BCUT2D eigenvalue weighted by Crippen LogP contribution is -2.50. The van der Waals surface area contributed by atoms with Crippen LogP contribution in [0.2, 0.25) is 0 Å². The molecule has 0 saturated carbocycles. The third-order valence-electron chi connectivity index (χ3n) is 3.12. The van der Waals surface area contributed by atoms with E-state index in [1.807, 2.05) is 0 Å². The van der Waals surface area contributed by atoms with Crippen molar-refractivity contribution in [1.82, 2.24) is 10.6 Å². The van der Waals surface area contributed by atoms with Crippen LogP contribution in [-0.4, -0.2) is 19.0 Å². The molecule has 0 aliphatic carbocycles. The average Bonchev–Trinajstić information content (AvgIpc) is 2.20. The van der Waals surface area contributed by atoms with Crippen molar-refractivity contribution in [1.29, 1.82) is 0 Å². The van der Waals surface area contributed by atoms with Crippen molar-refractivity contribution < 1.29 is 9.18 Å². The Morgan fingerprint density at radius 1 is 1.41 bits per heavy atom. The van der Waals surface area contributed by atoms with Gasteiger partial charge in [-0.15, -0.1) is 0 Å². The summed E-state index contributed by atoms with van der Waals surface area (Å²) in [6, 6.07) is 3.56. The third-order valence-corrected chi connectivity index (χ3v) is 3.12. The molecule has 1 aromatic carbocycles. The molecule has 1 heterocycles. The molecular weight excluding hydrogens is 219 g/mol. The highest BCUT2D eigenvalue weighted by atomic mass is 19.1. The number of hydrogen-bond donors (Lipinski definition) is 2. The standard InChI is InChI=1S/C13H17FN2O/c1-8-3-10(4-9(2)12(8)14)5-16-13(17)11-6-15-7-11/h3-4,11,15H,5-7H2,1-2H3,(H,16,17). The molecule has 4 heteroatoms. The van der Waals surface area contributed by atoms with Crippen LogP contribution in [0.1, 0.15) is 16.7 Å². The van der Waals surface area contributed by atoms with Crippen molar-refractivity contribution in [3.05, 3.63) is 34.6 Å². The van der Waals surface area contributed by atoms with Crippen LogP contribution in [0, 0.1) is 25.6 Å². The Labute approximate surface area is 100 Å². The number of benzene rings is 1. The topological polar surface area (TPSA) is 41.1 Å². The van der Waals surface area contributed by atoms with E-state index in [0.717, 1.165) is 18.7 Å². The zero-order valence-corrected chi connectivity index (χ0v) is 10.1.